The van der Waals surface area contributed by atoms with Gasteiger partial charge in [0.1, 0.15) is 11.6 Å². The lowest BCUT2D eigenvalue weighted by molar-refractivity contribution is 0.0516. The molecular weight excluding hydrogens is 646 g/mol. The number of aromatic carboxylic acids is 1. The second kappa shape index (κ2) is 12.5. The zero-order valence-corrected chi connectivity index (χ0v) is 28.0. The zero-order valence-electron chi connectivity index (χ0n) is 26.5. The Labute approximate surface area is 283 Å². The molecule has 3 aromatic rings. The molecule has 3 fully saturated rings. The number of carboxylic acids is 1. The summed E-state index contributed by atoms with van der Waals surface area (Å²) in [7, 11) is 2.11. The quantitative estimate of drug-likeness (QED) is 0.332. The molecule has 248 valence electrons. The van der Waals surface area contributed by atoms with E-state index in [0.29, 0.717) is 41.8 Å². The fraction of sp³-hybridized carbons (Fsp3) is 0.429. The number of fused-ring (bicyclic) bond motifs is 3. The Morgan fingerprint density at radius 3 is 2.34 bits per heavy atom. The first kappa shape index (κ1) is 32.0. The van der Waals surface area contributed by atoms with Crippen molar-refractivity contribution in [2.24, 2.45) is 0 Å². The molecule has 47 heavy (non-hydrogen) atoms. The number of likely N-dealkylation sites (N-methyl/N-ethyl adjacent to an activating group) is 1. The fourth-order valence-corrected chi connectivity index (χ4v) is 8.18. The lowest BCUT2D eigenvalue weighted by Gasteiger charge is -2.45. The molecule has 0 radical (unpaired) electrons. The number of nitrogens with zero attached hydrogens (tertiary/aromatic N) is 4. The van der Waals surface area contributed by atoms with Crippen molar-refractivity contribution in [1.82, 2.24) is 9.80 Å². The summed E-state index contributed by atoms with van der Waals surface area (Å²) in [4.78, 5) is 34.2. The number of ether oxygens (including phenoxy) is 2. The maximum Gasteiger partial charge on any atom is 0.337 e. The Morgan fingerprint density at radius 2 is 1.66 bits per heavy atom. The van der Waals surface area contributed by atoms with Crippen LogP contribution in [0.4, 0.5) is 15.8 Å². The minimum absolute atomic E-state index is 0.0342. The van der Waals surface area contributed by atoms with Gasteiger partial charge in [-0.2, -0.15) is 0 Å². The number of hydrogen-bond acceptors (Lipinski definition) is 7. The van der Waals surface area contributed by atoms with Crippen LogP contribution in [0.5, 0.6) is 5.75 Å². The summed E-state index contributed by atoms with van der Waals surface area (Å²) in [6.07, 6.45) is 1.77. The number of para-hydroxylation sites is 1. The van der Waals surface area contributed by atoms with Crippen molar-refractivity contribution >= 4 is 46.5 Å². The van der Waals surface area contributed by atoms with Crippen molar-refractivity contribution in [3.05, 3.63) is 75.0 Å². The first-order chi connectivity index (χ1) is 22.5. The fourth-order valence-electron chi connectivity index (χ4n) is 7.54. The van der Waals surface area contributed by atoms with Crippen LogP contribution in [0.25, 0.3) is 11.1 Å². The van der Waals surface area contributed by atoms with Gasteiger partial charge in [-0.3, -0.25) is 9.69 Å². The van der Waals surface area contributed by atoms with E-state index in [9.17, 15) is 14.7 Å². The largest absolute Gasteiger partial charge is 0.478 e. The van der Waals surface area contributed by atoms with E-state index >= 15 is 4.39 Å². The first-order valence-electron chi connectivity index (χ1n) is 16.0. The summed E-state index contributed by atoms with van der Waals surface area (Å²) in [5.41, 5.74) is 2.88. The second-order valence-electron chi connectivity index (χ2n) is 13.0. The maximum absolute atomic E-state index is 15.7. The Kier molecular flexibility index (Phi) is 8.49. The van der Waals surface area contributed by atoms with Crippen LogP contribution in [0.15, 0.2) is 42.5 Å². The van der Waals surface area contributed by atoms with Crippen LogP contribution in [-0.4, -0.2) is 91.0 Å². The summed E-state index contributed by atoms with van der Waals surface area (Å²) in [6, 6.07) is 12.3. The minimum atomic E-state index is -1.19. The number of carbonyl (C=O) groups excluding carboxylic acids is 1. The molecule has 4 heterocycles. The van der Waals surface area contributed by atoms with Crippen molar-refractivity contribution < 1.29 is 28.6 Å². The van der Waals surface area contributed by atoms with E-state index < -0.39 is 11.8 Å². The molecular formula is C35H37Cl2FN4O5. The van der Waals surface area contributed by atoms with Gasteiger partial charge in [0, 0.05) is 47.6 Å². The van der Waals surface area contributed by atoms with E-state index in [1.165, 1.54) is 4.90 Å². The maximum atomic E-state index is 15.7. The van der Waals surface area contributed by atoms with E-state index in [4.69, 9.17) is 32.7 Å². The number of carboxylic acid groups (broad SMARTS) is 1. The van der Waals surface area contributed by atoms with Crippen molar-refractivity contribution in [3.63, 3.8) is 0 Å². The van der Waals surface area contributed by atoms with E-state index in [2.05, 4.69) is 35.6 Å². The van der Waals surface area contributed by atoms with Crippen LogP contribution in [0.1, 0.15) is 53.0 Å². The molecule has 4 atom stereocenters. The van der Waals surface area contributed by atoms with Crippen molar-refractivity contribution in [1.29, 1.82) is 0 Å². The van der Waals surface area contributed by atoms with E-state index in [1.54, 1.807) is 30.3 Å². The predicted octanol–water partition coefficient (Wildman–Crippen LogP) is 6.39. The van der Waals surface area contributed by atoms with Gasteiger partial charge < -0.3 is 29.3 Å². The highest BCUT2D eigenvalue weighted by molar-refractivity contribution is 6.40. The summed E-state index contributed by atoms with van der Waals surface area (Å²) in [5.74, 6) is -1.77. The van der Waals surface area contributed by atoms with Gasteiger partial charge in [0.25, 0.3) is 5.91 Å². The smallest absolute Gasteiger partial charge is 0.337 e. The van der Waals surface area contributed by atoms with Crippen LogP contribution >= 0.6 is 23.2 Å². The molecule has 0 aliphatic carbocycles. The normalized spacial score (nSPS) is 24.3. The number of piperazine rings is 1. The Hall–Kier alpha value is -3.57. The molecule has 0 spiro atoms. The van der Waals surface area contributed by atoms with Crippen molar-refractivity contribution in [3.8, 4) is 16.9 Å². The average molecular weight is 684 g/mol. The average Bonchev–Trinajstić information content (AvgIpc) is 3.29. The predicted molar refractivity (Wildman–Crippen MR) is 180 cm³/mol. The molecule has 1 amide bonds. The molecule has 12 heteroatoms. The SMILES string of the molecule is CC1C(C)N(c2cc(Cl)c(C(=O)N3COc4c(cccc4-c4cc(N5C6CCC5COC6)c(C(=O)O)cc4F)C3)c(Cl)c2)CCN1C. The highest BCUT2D eigenvalue weighted by Gasteiger charge is 2.40. The summed E-state index contributed by atoms with van der Waals surface area (Å²) < 4.78 is 27.6. The molecule has 3 aromatic carbocycles. The van der Waals surface area contributed by atoms with Gasteiger partial charge in [-0.25, -0.2) is 9.18 Å². The zero-order chi connectivity index (χ0) is 33.1. The molecule has 0 saturated carbocycles. The molecule has 3 saturated heterocycles. The van der Waals surface area contributed by atoms with Crippen LogP contribution in [0, 0.1) is 5.82 Å². The molecule has 7 rings (SSSR count). The Balaban J connectivity index is 1.17. The second-order valence-corrected chi connectivity index (χ2v) is 13.8. The lowest BCUT2D eigenvalue weighted by atomic mass is 9.96. The van der Waals surface area contributed by atoms with Gasteiger partial charge in [0.2, 0.25) is 0 Å². The number of halogens is 3. The highest BCUT2D eigenvalue weighted by Crippen LogP contribution is 2.43. The first-order valence-corrected chi connectivity index (χ1v) is 16.7. The van der Waals surface area contributed by atoms with Gasteiger partial charge in [0.15, 0.2) is 6.73 Å². The topological polar surface area (TPSA) is 85.8 Å². The number of carbonyl (C=O) groups is 2. The molecule has 4 aliphatic heterocycles. The summed E-state index contributed by atoms with van der Waals surface area (Å²) in [5, 5.41) is 10.5. The molecule has 4 aliphatic rings. The number of rotatable bonds is 5. The van der Waals surface area contributed by atoms with Crippen molar-refractivity contribution in [2.45, 2.75) is 57.4 Å². The molecule has 1 N–H and O–H groups in total. The van der Waals surface area contributed by atoms with Gasteiger partial charge in [0.05, 0.1) is 58.7 Å². The van der Waals surface area contributed by atoms with Gasteiger partial charge in [-0.05, 0) is 58.0 Å². The standard InChI is InChI=1S/C35H37Cl2FN4O5/c1-19-20(2)41(10-9-39(19)3)24-11-28(36)32(29(37)12-24)34(43)40-15-21-5-4-6-25(33(21)47-18-40)26-14-31(27(35(44)45)13-30(26)38)42-22-7-8-23(42)17-46-16-22/h4-6,11-14,19-20,22-23H,7-10,15-18H2,1-3H3,(H,44,45). The van der Waals surface area contributed by atoms with Crippen LogP contribution in [0.2, 0.25) is 10.0 Å². The van der Waals surface area contributed by atoms with Crippen LogP contribution < -0.4 is 14.5 Å². The van der Waals surface area contributed by atoms with Crippen LogP contribution in [0.3, 0.4) is 0 Å². The van der Waals surface area contributed by atoms with Crippen molar-refractivity contribution in [2.75, 3.05) is 49.9 Å². The Morgan fingerprint density at radius 1 is 0.957 bits per heavy atom. The minimum Gasteiger partial charge on any atom is -0.478 e. The number of morpholine rings is 1. The number of hydrogen-bond donors (Lipinski definition) is 1. The molecule has 2 bridgehead atoms. The number of anilines is 2. The summed E-state index contributed by atoms with van der Waals surface area (Å²) >= 11 is 13.5. The number of benzene rings is 3. The lowest BCUT2D eigenvalue weighted by Crippen LogP contribution is -2.56. The third-order valence-electron chi connectivity index (χ3n) is 10.4. The van der Waals surface area contributed by atoms with Crippen LogP contribution in [-0.2, 0) is 11.3 Å². The number of amides is 1. The third-order valence-corrected chi connectivity index (χ3v) is 11.0. The summed E-state index contributed by atoms with van der Waals surface area (Å²) in [6.45, 7) is 7.16. The molecule has 0 aromatic heterocycles. The van der Waals surface area contributed by atoms with E-state index in [1.807, 2.05) is 6.07 Å². The Bertz CT molecular complexity index is 1720. The van der Waals surface area contributed by atoms with E-state index in [-0.39, 0.29) is 64.0 Å². The van der Waals surface area contributed by atoms with E-state index in [0.717, 1.165) is 37.7 Å². The molecule has 9 nitrogen and oxygen atoms in total. The van der Waals surface area contributed by atoms with Gasteiger partial charge in [-0.15, -0.1) is 0 Å². The third kappa shape index (κ3) is 5.59. The van der Waals surface area contributed by atoms with Gasteiger partial charge >= 0.3 is 5.97 Å². The highest BCUT2D eigenvalue weighted by atomic mass is 35.5. The van der Waals surface area contributed by atoms with Gasteiger partial charge in [-0.1, -0.05) is 41.4 Å². The molecule has 4 unspecified atom stereocenters. The monoisotopic (exact) mass is 682 g/mol.